The van der Waals surface area contributed by atoms with Crippen LogP contribution in [0.5, 0.6) is 5.75 Å². The summed E-state index contributed by atoms with van der Waals surface area (Å²) in [5.74, 6) is 0.823. The minimum absolute atomic E-state index is 0.369. The maximum atomic E-state index is 9.36. The van der Waals surface area contributed by atoms with E-state index in [0.717, 1.165) is 22.6 Å². The molecule has 0 fully saturated rings. The van der Waals surface area contributed by atoms with Gasteiger partial charge in [-0.25, -0.2) is 0 Å². The lowest BCUT2D eigenvalue weighted by molar-refractivity contribution is 0.340. The molecule has 0 aromatic heterocycles. The molecule has 0 aliphatic carbocycles. The predicted octanol–water partition coefficient (Wildman–Crippen LogP) is 4.07. The number of hydrogen-bond donors (Lipinski definition) is 1. The van der Waals surface area contributed by atoms with Crippen LogP contribution >= 0.6 is 0 Å². The van der Waals surface area contributed by atoms with E-state index in [1.165, 1.54) is 0 Å². The van der Waals surface area contributed by atoms with Gasteiger partial charge >= 0.3 is 0 Å². The van der Waals surface area contributed by atoms with Crippen molar-refractivity contribution in [2.75, 3.05) is 11.9 Å². The molecule has 3 nitrogen and oxygen atoms in total. The molecule has 0 amide bonds. The summed E-state index contributed by atoms with van der Waals surface area (Å²) in [6.45, 7) is 4.61. The van der Waals surface area contributed by atoms with E-state index in [9.17, 15) is 5.26 Å². The molecule has 3 heteroatoms. The van der Waals surface area contributed by atoms with Crippen molar-refractivity contribution in [2.24, 2.45) is 0 Å². The molecule has 102 valence electrons. The van der Waals surface area contributed by atoms with E-state index >= 15 is 0 Å². The fraction of sp³-hybridized carbons (Fsp3) is 0.235. The zero-order valence-corrected chi connectivity index (χ0v) is 11.8. The van der Waals surface area contributed by atoms with Crippen LogP contribution in [0.3, 0.4) is 0 Å². The van der Waals surface area contributed by atoms with Gasteiger partial charge in [-0.15, -0.1) is 0 Å². The number of nitriles is 1. The lowest BCUT2D eigenvalue weighted by atomic mass is 10.1. The van der Waals surface area contributed by atoms with E-state index < -0.39 is 0 Å². The van der Waals surface area contributed by atoms with E-state index in [1.54, 1.807) is 0 Å². The second kappa shape index (κ2) is 6.63. The molecule has 0 heterocycles. The molecular formula is C17H18N2O. The van der Waals surface area contributed by atoms with Gasteiger partial charge in [0.15, 0.2) is 0 Å². The zero-order chi connectivity index (χ0) is 14.4. The number of nitrogens with zero attached hydrogens (tertiary/aromatic N) is 1. The van der Waals surface area contributed by atoms with Crippen molar-refractivity contribution in [2.45, 2.75) is 19.9 Å². The van der Waals surface area contributed by atoms with Crippen LogP contribution in [0.1, 0.15) is 24.1 Å². The van der Waals surface area contributed by atoms with Crippen LogP contribution in [0.25, 0.3) is 0 Å². The quantitative estimate of drug-likeness (QED) is 0.887. The van der Waals surface area contributed by atoms with Gasteiger partial charge in [0.1, 0.15) is 11.8 Å². The normalized spacial score (nSPS) is 11.4. The fourth-order valence-electron chi connectivity index (χ4n) is 2.00. The van der Waals surface area contributed by atoms with E-state index in [4.69, 9.17) is 4.74 Å². The van der Waals surface area contributed by atoms with E-state index in [2.05, 4.69) is 11.4 Å². The molecule has 2 aromatic carbocycles. The molecule has 0 bridgehead atoms. The number of ether oxygens (including phenoxy) is 1. The molecule has 0 aliphatic rings. The fourth-order valence-corrected chi connectivity index (χ4v) is 2.00. The minimum Gasteiger partial charge on any atom is -0.494 e. The summed E-state index contributed by atoms with van der Waals surface area (Å²) in [4.78, 5) is 0. The van der Waals surface area contributed by atoms with Gasteiger partial charge in [-0.1, -0.05) is 30.3 Å². The second-order valence-corrected chi connectivity index (χ2v) is 4.52. The first-order valence-electron chi connectivity index (χ1n) is 6.69. The standard InChI is InChI=1S/C17H18N2O/c1-3-20-15-10-8-14(9-11-15)17(12-18)19-16-7-5-4-6-13(16)2/h4-11,17,19H,3H2,1-2H3. The van der Waals surface area contributed by atoms with E-state index in [-0.39, 0.29) is 6.04 Å². The Morgan fingerprint density at radius 3 is 2.45 bits per heavy atom. The van der Waals surface area contributed by atoms with Crippen molar-refractivity contribution in [3.8, 4) is 11.8 Å². The third-order valence-electron chi connectivity index (χ3n) is 3.10. The largest absolute Gasteiger partial charge is 0.494 e. The van der Waals surface area contributed by atoms with Crippen molar-refractivity contribution in [3.05, 3.63) is 59.7 Å². The maximum Gasteiger partial charge on any atom is 0.140 e. The van der Waals surface area contributed by atoms with Gasteiger partial charge < -0.3 is 10.1 Å². The topological polar surface area (TPSA) is 45.0 Å². The van der Waals surface area contributed by atoms with Crippen molar-refractivity contribution >= 4 is 5.69 Å². The third kappa shape index (κ3) is 3.30. The summed E-state index contributed by atoms with van der Waals surface area (Å²) in [6.07, 6.45) is 0. The van der Waals surface area contributed by atoms with Gasteiger partial charge in [0.05, 0.1) is 12.7 Å². The van der Waals surface area contributed by atoms with Crippen molar-refractivity contribution in [3.63, 3.8) is 0 Å². The van der Waals surface area contributed by atoms with Crippen LogP contribution in [0.2, 0.25) is 0 Å². The van der Waals surface area contributed by atoms with Gasteiger partial charge in [-0.3, -0.25) is 0 Å². The van der Waals surface area contributed by atoms with Gasteiger partial charge in [0, 0.05) is 5.69 Å². The van der Waals surface area contributed by atoms with Crippen LogP contribution in [-0.4, -0.2) is 6.61 Å². The monoisotopic (exact) mass is 266 g/mol. The molecule has 2 rings (SSSR count). The van der Waals surface area contributed by atoms with Crippen molar-refractivity contribution in [1.82, 2.24) is 0 Å². The molecule has 20 heavy (non-hydrogen) atoms. The van der Waals surface area contributed by atoms with Crippen molar-refractivity contribution < 1.29 is 4.74 Å². The zero-order valence-electron chi connectivity index (χ0n) is 11.8. The van der Waals surface area contributed by atoms with Gasteiger partial charge in [0.25, 0.3) is 0 Å². The highest BCUT2D eigenvalue weighted by atomic mass is 16.5. The molecule has 0 radical (unpaired) electrons. The highest BCUT2D eigenvalue weighted by Gasteiger charge is 2.11. The van der Waals surface area contributed by atoms with Gasteiger partial charge in [-0.05, 0) is 43.2 Å². The Kier molecular flexibility index (Phi) is 4.62. The maximum absolute atomic E-state index is 9.36. The number of aryl methyl sites for hydroxylation is 1. The number of hydrogen-bond acceptors (Lipinski definition) is 3. The van der Waals surface area contributed by atoms with Gasteiger partial charge in [0.2, 0.25) is 0 Å². The Morgan fingerprint density at radius 1 is 1.15 bits per heavy atom. The minimum atomic E-state index is -0.369. The first-order chi connectivity index (χ1) is 9.74. The molecule has 1 atom stereocenters. The third-order valence-corrected chi connectivity index (χ3v) is 3.10. The number of nitrogens with one attached hydrogen (secondary N) is 1. The Hall–Kier alpha value is -2.47. The van der Waals surface area contributed by atoms with E-state index in [0.29, 0.717) is 6.61 Å². The first kappa shape index (κ1) is 14.0. The molecule has 0 spiro atoms. The summed E-state index contributed by atoms with van der Waals surface area (Å²) in [5.41, 5.74) is 3.03. The summed E-state index contributed by atoms with van der Waals surface area (Å²) < 4.78 is 5.41. The molecule has 0 aliphatic heterocycles. The SMILES string of the molecule is CCOc1ccc(C(C#N)Nc2ccccc2C)cc1. The molecule has 0 saturated heterocycles. The number of benzene rings is 2. The van der Waals surface area contributed by atoms with Crippen LogP contribution < -0.4 is 10.1 Å². The molecular weight excluding hydrogens is 248 g/mol. The van der Waals surface area contributed by atoms with Crippen LogP contribution in [0.4, 0.5) is 5.69 Å². The number of rotatable bonds is 5. The lowest BCUT2D eigenvalue weighted by Gasteiger charge is -2.15. The van der Waals surface area contributed by atoms with Crippen LogP contribution in [-0.2, 0) is 0 Å². The van der Waals surface area contributed by atoms with E-state index in [1.807, 2.05) is 62.4 Å². The highest BCUT2D eigenvalue weighted by Crippen LogP contribution is 2.23. The summed E-state index contributed by atoms with van der Waals surface area (Å²) in [5, 5.41) is 12.6. The van der Waals surface area contributed by atoms with Crippen LogP contribution in [0, 0.1) is 18.3 Å². The van der Waals surface area contributed by atoms with Crippen molar-refractivity contribution in [1.29, 1.82) is 5.26 Å². The lowest BCUT2D eigenvalue weighted by Crippen LogP contribution is -2.09. The Morgan fingerprint density at radius 2 is 1.85 bits per heavy atom. The molecule has 2 aromatic rings. The molecule has 0 saturated carbocycles. The Labute approximate surface area is 119 Å². The first-order valence-corrected chi connectivity index (χ1v) is 6.69. The summed E-state index contributed by atoms with van der Waals surface area (Å²) in [7, 11) is 0. The Balaban J connectivity index is 2.16. The average molecular weight is 266 g/mol. The number of para-hydroxylation sites is 1. The predicted molar refractivity (Wildman–Crippen MR) is 80.8 cm³/mol. The molecule has 1 unspecified atom stereocenters. The average Bonchev–Trinajstić information content (AvgIpc) is 2.48. The van der Waals surface area contributed by atoms with Gasteiger partial charge in [-0.2, -0.15) is 5.26 Å². The highest BCUT2D eigenvalue weighted by molar-refractivity contribution is 5.53. The summed E-state index contributed by atoms with van der Waals surface area (Å²) >= 11 is 0. The summed E-state index contributed by atoms with van der Waals surface area (Å²) in [6, 6.07) is 17.5. The van der Waals surface area contributed by atoms with Crippen LogP contribution in [0.15, 0.2) is 48.5 Å². The number of anilines is 1. The molecule has 1 N–H and O–H groups in total. The smallest absolute Gasteiger partial charge is 0.140 e. The second-order valence-electron chi connectivity index (χ2n) is 4.52. The Bertz CT molecular complexity index is 599.